The number of nitrogens with zero attached hydrogens (tertiary/aromatic N) is 2. The van der Waals surface area contributed by atoms with Gasteiger partial charge in [0.25, 0.3) is 0 Å². The van der Waals surface area contributed by atoms with E-state index in [4.69, 9.17) is 0 Å². The zero-order valence-corrected chi connectivity index (χ0v) is 10.7. The molecule has 0 bridgehead atoms. The average Bonchev–Trinajstić information content (AvgIpc) is 2.93. The summed E-state index contributed by atoms with van der Waals surface area (Å²) in [6.07, 6.45) is 3.20. The predicted octanol–water partition coefficient (Wildman–Crippen LogP) is 3.58. The lowest BCUT2D eigenvalue weighted by Gasteiger charge is -2.27. The van der Waals surface area contributed by atoms with E-state index in [9.17, 15) is 4.39 Å². The predicted molar refractivity (Wildman–Crippen MR) is 73.3 cm³/mol. The molecule has 0 fully saturated rings. The van der Waals surface area contributed by atoms with Gasteiger partial charge >= 0.3 is 0 Å². The Morgan fingerprint density at radius 3 is 2.83 bits per heavy atom. The van der Waals surface area contributed by atoms with Gasteiger partial charge in [0, 0.05) is 18.0 Å². The largest absolute Gasteiger partial charge is 0.352 e. The van der Waals surface area contributed by atoms with Crippen LogP contribution in [0.1, 0.15) is 11.3 Å². The van der Waals surface area contributed by atoms with Crippen molar-refractivity contribution in [2.75, 3.05) is 18.0 Å². The minimum Gasteiger partial charge on any atom is -0.352 e. The third kappa shape index (κ3) is 2.29. The normalized spacial score (nSPS) is 15.6. The summed E-state index contributed by atoms with van der Waals surface area (Å²) >= 11 is 1.77. The molecular formula is C14H13FN2S. The number of hydrogen-bond acceptors (Lipinski definition) is 3. The van der Waals surface area contributed by atoms with Crippen molar-refractivity contribution >= 4 is 22.7 Å². The molecular weight excluding hydrogens is 247 g/mol. The van der Waals surface area contributed by atoms with Crippen molar-refractivity contribution in [3.05, 3.63) is 52.6 Å². The summed E-state index contributed by atoms with van der Waals surface area (Å²) in [5.41, 5.74) is 1.39. The highest BCUT2D eigenvalue weighted by atomic mass is 32.1. The van der Waals surface area contributed by atoms with Crippen LogP contribution in [0.15, 0.2) is 41.8 Å². The molecule has 0 saturated heterocycles. The molecule has 0 unspecified atom stereocenters. The molecule has 1 aliphatic rings. The van der Waals surface area contributed by atoms with Gasteiger partial charge in [0.05, 0.1) is 0 Å². The van der Waals surface area contributed by atoms with Crippen LogP contribution in [-0.2, 0) is 0 Å². The van der Waals surface area contributed by atoms with Crippen LogP contribution in [0, 0.1) is 5.95 Å². The SMILES string of the molecule is Fc1cccc(N2CC=C(c3cccs3)CC2)n1. The third-order valence-corrected chi connectivity index (χ3v) is 4.02. The van der Waals surface area contributed by atoms with Crippen LogP contribution in [0.4, 0.5) is 10.2 Å². The zero-order valence-electron chi connectivity index (χ0n) is 9.84. The van der Waals surface area contributed by atoms with Gasteiger partial charge in [0.15, 0.2) is 0 Å². The number of thiophene rings is 1. The first-order chi connectivity index (χ1) is 8.83. The molecule has 18 heavy (non-hydrogen) atoms. The standard InChI is InChI=1S/C14H13FN2S/c15-13-4-1-5-14(16-13)17-8-6-11(7-9-17)12-3-2-10-18-12/h1-6,10H,7-9H2. The second kappa shape index (κ2) is 4.90. The Labute approximate surface area is 109 Å². The van der Waals surface area contributed by atoms with Crippen LogP contribution in [0.2, 0.25) is 0 Å². The summed E-state index contributed by atoms with van der Waals surface area (Å²) in [7, 11) is 0. The molecule has 0 amide bonds. The summed E-state index contributed by atoms with van der Waals surface area (Å²) in [5.74, 6) is 0.303. The molecule has 2 nitrogen and oxygen atoms in total. The Balaban J connectivity index is 1.77. The van der Waals surface area contributed by atoms with Crippen molar-refractivity contribution < 1.29 is 4.39 Å². The van der Waals surface area contributed by atoms with Crippen molar-refractivity contribution in [1.82, 2.24) is 4.98 Å². The molecule has 0 aliphatic carbocycles. The molecule has 2 aromatic rings. The Morgan fingerprint density at radius 2 is 2.17 bits per heavy atom. The van der Waals surface area contributed by atoms with Gasteiger partial charge in [-0.05, 0) is 35.6 Å². The average molecular weight is 260 g/mol. The van der Waals surface area contributed by atoms with Crippen molar-refractivity contribution in [2.24, 2.45) is 0 Å². The van der Waals surface area contributed by atoms with E-state index in [2.05, 4.69) is 33.5 Å². The fraction of sp³-hybridized carbons (Fsp3) is 0.214. The van der Waals surface area contributed by atoms with Gasteiger partial charge < -0.3 is 4.90 Å². The topological polar surface area (TPSA) is 16.1 Å². The number of anilines is 1. The maximum Gasteiger partial charge on any atom is 0.214 e. The monoisotopic (exact) mass is 260 g/mol. The maximum atomic E-state index is 13.1. The highest BCUT2D eigenvalue weighted by Gasteiger charge is 2.15. The highest BCUT2D eigenvalue weighted by molar-refractivity contribution is 7.11. The van der Waals surface area contributed by atoms with E-state index in [0.717, 1.165) is 25.3 Å². The summed E-state index contributed by atoms with van der Waals surface area (Å²) in [6.45, 7) is 1.68. The molecule has 0 aromatic carbocycles. The molecule has 1 aliphatic heterocycles. The fourth-order valence-electron chi connectivity index (χ4n) is 2.14. The second-order valence-electron chi connectivity index (χ2n) is 4.22. The van der Waals surface area contributed by atoms with Crippen molar-refractivity contribution in [1.29, 1.82) is 0 Å². The molecule has 0 atom stereocenters. The second-order valence-corrected chi connectivity index (χ2v) is 5.17. The van der Waals surface area contributed by atoms with Crippen molar-refractivity contribution in [3.8, 4) is 0 Å². The lowest BCUT2D eigenvalue weighted by Crippen LogP contribution is -2.29. The van der Waals surface area contributed by atoms with Crippen LogP contribution in [0.3, 0.4) is 0 Å². The minimum atomic E-state index is -0.416. The van der Waals surface area contributed by atoms with Crippen LogP contribution < -0.4 is 4.90 Å². The van der Waals surface area contributed by atoms with Crippen molar-refractivity contribution in [2.45, 2.75) is 6.42 Å². The van der Waals surface area contributed by atoms with E-state index in [1.807, 2.05) is 6.07 Å². The van der Waals surface area contributed by atoms with Gasteiger partial charge in [-0.15, -0.1) is 11.3 Å². The lowest BCUT2D eigenvalue weighted by atomic mass is 10.1. The van der Waals surface area contributed by atoms with Gasteiger partial charge in [-0.3, -0.25) is 0 Å². The molecule has 0 saturated carbocycles. The maximum absolute atomic E-state index is 13.1. The van der Waals surface area contributed by atoms with E-state index in [1.165, 1.54) is 16.5 Å². The zero-order chi connectivity index (χ0) is 12.4. The van der Waals surface area contributed by atoms with Crippen molar-refractivity contribution in [3.63, 3.8) is 0 Å². The van der Waals surface area contributed by atoms with Crippen LogP contribution in [-0.4, -0.2) is 18.1 Å². The van der Waals surface area contributed by atoms with E-state index >= 15 is 0 Å². The molecule has 0 spiro atoms. The Kier molecular flexibility index (Phi) is 3.11. The first-order valence-electron chi connectivity index (χ1n) is 5.93. The van der Waals surface area contributed by atoms with Gasteiger partial charge in [0.1, 0.15) is 5.82 Å². The smallest absolute Gasteiger partial charge is 0.214 e. The number of rotatable bonds is 2. The Bertz CT molecular complexity index is 563. The molecule has 3 heterocycles. The summed E-state index contributed by atoms with van der Waals surface area (Å²) < 4.78 is 13.1. The first-order valence-corrected chi connectivity index (χ1v) is 6.81. The fourth-order valence-corrected chi connectivity index (χ4v) is 2.93. The molecule has 0 N–H and O–H groups in total. The van der Waals surface area contributed by atoms with Crippen LogP contribution >= 0.6 is 11.3 Å². The summed E-state index contributed by atoms with van der Waals surface area (Å²) in [6, 6.07) is 9.15. The Morgan fingerprint density at radius 1 is 1.22 bits per heavy atom. The van der Waals surface area contributed by atoms with E-state index < -0.39 is 5.95 Å². The van der Waals surface area contributed by atoms with E-state index in [1.54, 1.807) is 17.4 Å². The van der Waals surface area contributed by atoms with Gasteiger partial charge in [-0.1, -0.05) is 18.2 Å². The number of halogens is 1. The summed E-state index contributed by atoms with van der Waals surface area (Å²) in [4.78, 5) is 7.35. The van der Waals surface area contributed by atoms with E-state index in [0.29, 0.717) is 0 Å². The molecule has 0 radical (unpaired) electrons. The highest BCUT2D eigenvalue weighted by Crippen LogP contribution is 2.27. The number of aromatic nitrogens is 1. The minimum absolute atomic E-state index is 0.416. The van der Waals surface area contributed by atoms with Gasteiger partial charge in [-0.2, -0.15) is 4.39 Å². The Hall–Kier alpha value is -1.68. The molecule has 3 rings (SSSR count). The van der Waals surface area contributed by atoms with Crippen LogP contribution in [0.5, 0.6) is 0 Å². The lowest BCUT2D eigenvalue weighted by molar-refractivity contribution is 0.581. The third-order valence-electron chi connectivity index (χ3n) is 3.07. The number of pyridine rings is 1. The van der Waals surface area contributed by atoms with Gasteiger partial charge in [0.2, 0.25) is 5.95 Å². The molecule has 92 valence electrons. The van der Waals surface area contributed by atoms with Gasteiger partial charge in [-0.25, -0.2) is 4.98 Å². The van der Waals surface area contributed by atoms with Crippen LogP contribution in [0.25, 0.3) is 5.57 Å². The molecule has 4 heteroatoms. The molecule has 2 aromatic heterocycles. The summed E-state index contributed by atoms with van der Waals surface area (Å²) in [5, 5.41) is 2.09. The first kappa shape index (κ1) is 11.4. The van der Waals surface area contributed by atoms with E-state index in [-0.39, 0.29) is 0 Å². The quantitative estimate of drug-likeness (QED) is 0.767. The number of hydrogen-bond donors (Lipinski definition) is 0.